The third-order valence-corrected chi connectivity index (χ3v) is 6.53. The summed E-state index contributed by atoms with van der Waals surface area (Å²) >= 11 is 0. The van der Waals surface area contributed by atoms with Gasteiger partial charge in [0.1, 0.15) is 5.78 Å². The van der Waals surface area contributed by atoms with Crippen molar-refractivity contribution >= 4 is 11.7 Å². The lowest BCUT2D eigenvalue weighted by Gasteiger charge is -2.51. The molecule has 1 heterocycles. The number of carbonyl (C=O) groups is 1. The third-order valence-electron chi connectivity index (χ3n) is 6.53. The van der Waals surface area contributed by atoms with Crippen molar-refractivity contribution in [1.29, 1.82) is 0 Å². The van der Waals surface area contributed by atoms with Gasteiger partial charge in [0.2, 0.25) is 0 Å². The van der Waals surface area contributed by atoms with Gasteiger partial charge in [0.15, 0.2) is 12.3 Å². The lowest BCUT2D eigenvalue weighted by molar-refractivity contribution is -0.130. The molecule has 0 saturated heterocycles. The lowest BCUT2D eigenvalue weighted by atomic mass is 9.62. The second-order valence-electron chi connectivity index (χ2n) is 8.21. The average Bonchev–Trinajstić information content (AvgIpc) is 2.68. The van der Waals surface area contributed by atoms with E-state index in [1.807, 2.05) is 18.2 Å². The first kappa shape index (κ1) is 18.4. The van der Waals surface area contributed by atoms with E-state index in [9.17, 15) is 9.90 Å². The zero-order valence-electron chi connectivity index (χ0n) is 15.9. The number of aliphatic hydroxyl groups is 1. The predicted octanol–water partition coefficient (Wildman–Crippen LogP) is 1.86. The van der Waals surface area contributed by atoms with Gasteiger partial charge in [-0.15, -0.1) is 0 Å². The van der Waals surface area contributed by atoms with E-state index in [0.29, 0.717) is 18.2 Å². The van der Waals surface area contributed by atoms with Crippen LogP contribution in [0.4, 0.5) is 0 Å². The molecule has 4 N–H and O–H groups in total. The van der Waals surface area contributed by atoms with Crippen LogP contribution in [0, 0.1) is 5.92 Å². The Morgan fingerprint density at radius 3 is 2.67 bits per heavy atom. The molecule has 0 radical (unpaired) electrons. The number of Topliss-reactive ketones (excluding diaryl/α,β-unsaturated/α-hetero) is 1. The SMILES string of the molecule is CNC(O)NC1=NC2CC(c3ccccc3)CC(=O)C2C2(CCCCC2)N1. The second-order valence-corrected chi connectivity index (χ2v) is 8.21. The molecule has 0 bridgehead atoms. The predicted molar refractivity (Wildman–Crippen MR) is 105 cm³/mol. The molecule has 1 aromatic carbocycles. The Bertz CT molecular complexity index is 699. The van der Waals surface area contributed by atoms with Crippen LogP contribution in [0.3, 0.4) is 0 Å². The highest BCUT2D eigenvalue weighted by molar-refractivity contribution is 5.90. The molecule has 1 spiro atoms. The number of benzene rings is 1. The summed E-state index contributed by atoms with van der Waals surface area (Å²) in [4.78, 5) is 18.1. The molecule has 4 unspecified atom stereocenters. The molecule has 1 aromatic rings. The van der Waals surface area contributed by atoms with E-state index in [4.69, 9.17) is 4.99 Å². The summed E-state index contributed by atoms with van der Waals surface area (Å²) in [6.45, 7) is 0. The highest BCUT2D eigenvalue weighted by atomic mass is 16.3. The van der Waals surface area contributed by atoms with Gasteiger partial charge < -0.3 is 15.7 Å². The van der Waals surface area contributed by atoms with Crippen LogP contribution in [0.5, 0.6) is 0 Å². The van der Waals surface area contributed by atoms with Crippen molar-refractivity contribution in [1.82, 2.24) is 16.0 Å². The fourth-order valence-electron chi connectivity index (χ4n) is 5.28. The summed E-state index contributed by atoms with van der Waals surface area (Å²) in [6, 6.07) is 10.3. The van der Waals surface area contributed by atoms with Crippen LogP contribution >= 0.6 is 0 Å². The molecule has 4 rings (SSSR count). The number of rotatable bonds is 3. The molecule has 146 valence electrons. The van der Waals surface area contributed by atoms with E-state index in [0.717, 1.165) is 32.1 Å². The molecule has 6 heteroatoms. The number of hydrogen-bond acceptors (Lipinski definition) is 6. The third kappa shape index (κ3) is 3.60. The van der Waals surface area contributed by atoms with Crippen molar-refractivity contribution < 1.29 is 9.90 Å². The van der Waals surface area contributed by atoms with Crippen LogP contribution in [-0.4, -0.2) is 41.8 Å². The number of nitrogens with one attached hydrogen (secondary N) is 3. The smallest absolute Gasteiger partial charge is 0.195 e. The number of guanidine groups is 1. The van der Waals surface area contributed by atoms with Crippen molar-refractivity contribution in [2.75, 3.05) is 7.05 Å². The Hall–Kier alpha value is -1.92. The number of aliphatic imine (C=N–C) groups is 1. The molecule has 2 aliphatic carbocycles. The summed E-state index contributed by atoms with van der Waals surface area (Å²) in [5.74, 6) is 1.11. The maximum absolute atomic E-state index is 13.3. The minimum Gasteiger partial charge on any atom is -0.361 e. The molecule has 0 amide bonds. The van der Waals surface area contributed by atoms with Crippen LogP contribution in [0.25, 0.3) is 0 Å². The number of nitrogens with zero attached hydrogens (tertiary/aromatic N) is 1. The first-order valence-corrected chi connectivity index (χ1v) is 10.2. The molecule has 6 nitrogen and oxygen atoms in total. The minimum absolute atomic E-state index is 0.0395. The van der Waals surface area contributed by atoms with E-state index < -0.39 is 6.35 Å². The molecular formula is C21H30N4O2. The zero-order valence-corrected chi connectivity index (χ0v) is 15.9. The largest absolute Gasteiger partial charge is 0.361 e. The first-order valence-electron chi connectivity index (χ1n) is 10.2. The van der Waals surface area contributed by atoms with Gasteiger partial charge in [-0.3, -0.25) is 10.1 Å². The van der Waals surface area contributed by atoms with Gasteiger partial charge in [-0.25, -0.2) is 4.99 Å². The minimum atomic E-state index is -0.863. The molecule has 0 aromatic heterocycles. The van der Waals surface area contributed by atoms with Gasteiger partial charge >= 0.3 is 0 Å². The Morgan fingerprint density at radius 1 is 1.22 bits per heavy atom. The van der Waals surface area contributed by atoms with Gasteiger partial charge in [0.25, 0.3) is 0 Å². The Kier molecular flexibility index (Phi) is 5.19. The van der Waals surface area contributed by atoms with E-state index in [1.165, 1.54) is 12.0 Å². The molecule has 3 aliphatic rings. The number of ketones is 1. The fraction of sp³-hybridized carbons (Fsp3) is 0.619. The molecule has 4 atom stereocenters. The Labute approximate surface area is 160 Å². The molecule has 1 aliphatic heterocycles. The van der Waals surface area contributed by atoms with Crippen LogP contribution in [0.1, 0.15) is 56.4 Å². The summed E-state index contributed by atoms with van der Waals surface area (Å²) in [5, 5.41) is 19.3. The van der Waals surface area contributed by atoms with Gasteiger partial charge in [-0.05, 0) is 37.8 Å². The van der Waals surface area contributed by atoms with E-state index >= 15 is 0 Å². The van der Waals surface area contributed by atoms with E-state index in [-0.39, 0.29) is 23.4 Å². The average molecular weight is 370 g/mol. The van der Waals surface area contributed by atoms with Gasteiger partial charge in [0, 0.05) is 6.42 Å². The van der Waals surface area contributed by atoms with E-state index in [1.54, 1.807) is 7.05 Å². The van der Waals surface area contributed by atoms with Crippen LogP contribution in [0.15, 0.2) is 35.3 Å². The van der Waals surface area contributed by atoms with Gasteiger partial charge in [-0.2, -0.15) is 0 Å². The first-order chi connectivity index (χ1) is 13.1. The topological polar surface area (TPSA) is 85.8 Å². The Morgan fingerprint density at radius 2 is 1.96 bits per heavy atom. The van der Waals surface area contributed by atoms with Crippen LogP contribution < -0.4 is 16.0 Å². The van der Waals surface area contributed by atoms with Crippen LogP contribution in [-0.2, 0) is 4.79 Å². The summed E-state index contributed by atoms with van der Waals surface area (Å²) in [6.07, 6.45) is 6.09. The lowest BCUT2D eigenvalue weighted by Crippen LogP contribution is -2.68. The normalized spacial score (nSPS) is 30.8. The summed E-state index contributed by atoms with van der Waals surface area (Å²) in [7, 11) is 1.69. The molecule has 2 saturated carbocycles. The summed E-state index contributed by atoms with van der Waals surface area (Å²) in [5.41, 5.74) is 1.000. The quantitative estimate of drug-likeness (QED) is 0.611. The Balaban J connectivity index is 1.65. The maximum atomic E-state index is 13.3. The fourth-order valence-corrected chi connectivity index (χ4v) is 5.28. The molecule has 2 fully saturated rings. The molecule has 27 heavy (non-hydrogen) atoms. The van der Waals surface area contributed by atoms with E-state index in [2.05, 4.69) is 28.1 Å². The monoisotopic (exact) mass is 370 g/mol. The van der Waals surface area contributed by atoms with Crippen molar-refractivity contribution in [2.45, 2.75) is 68.8 Å². The van der Waals surface area contributed by atoms with Gasteiger partial charge in [-0.1, -0.05) is 49.6 Å². The number of carbonyl (C=O) groups excluding carboxylic acids is 1. The maximum Gasteiger partial charge on any atom is 0.195 e. The highest BCUT2D eigenvalue weighted by Crippen LogP contribution is 2.46. The number of aliphatic hydroxyl groups excluding tert-OH is 1. The van der Waals surface area contributed by atoms with Crippen molar-refractivity contribution in [3.63, 3.8) is 0 Å². The highest BCUT2D eigenvalue weighted by Gasteiger charge is 2.53. The number of hydrogen-bond donors (Lipinski definition) is 4. The number of fused-ring (bicyclic) bond motifs is 2. The van der Waals surface area contributed by atoms with Gasteiger partial charge in [0.05, 0.1) is 17.5 Å². The molecular weight excluding hydrogens is 340 g/mol. The van der Waals surface area contributed by atoms with Crippen molar-refractivity contribution in [3.05, 3.63) is 35.9 Å². The summed E-state index contributed by atoms with van der Waals surface area (Å²) < 4.78 is 0. The van der Waals surface area contributed by atoms with Crippen LogP contribution in [0.2, 0.25) is 0 Å². The van der Waals surface area contributed by atoms with Crippen molar-refractivity contribution in [3.8, 4) is 0 Å². The standard InChI is InChI=1S/C21H30N4O2/c1-22-20(27)24-19-23-16-12-15(14-8-4-2-5-9-14)13-17(26)18(16)21(25-19)10-6-3-7-11-21/h2,4-5,8-9,15-16,18,20,22,27H,3,6-7,10-13H2,1H3,(H2,23,24,25). The van der Waals surface area contributed by atoms with Crippen molar-refractivity contribution in [2.24, 2.45) is 10.9 Å². The zero-order chi connectivity index (χ0) is 18.9. The second kappa shape index (κ2) is 7.60.